The van der Waals surface area contributed by atoms with Gasteiger partial charge in [0.1, 0.15) is 5.82 Å². The molecule has 0 aliphatic heterocycles. The summed E-state index contributed by atoms with van der Waals surface area (Å²) < 4.78 is 10.2. The number of nitrogens with zero attached hydrogens (tertiary/aromatic N) is 2. The Labute approximate surface area is 96.2 Å². The fourth-order valence-corrected chi connectivity index (χ4v) is 1.21. The van der Waals surface area contributed by atoms with Crippen molar-refractivity contribution in [1.82, 2.24) is 9.97 Å². The first-order chi connectivity index (χ1) is 7.84. The second-order valence-electron chi connectivity index (χ2n) is 3.38. The SMILES string of the molecule is COCCOCCCNc1nccnc1C. The highest BCUT2D eigenvalue weighted by Gasteiger charge is 1.97. The molecule has 0 aliphatic carbocycles. The first kappa shape index (κ1) is 12.9. The molecule has 0 amide bonds. The van der Waals surface area contributed by atoms with Crippen LogP contribution in [0.5, 0.6) is 0 Å². The molecule has 0 bridgehead atoms. The number of ether oxygens (including phenoxy) is 2. The van der Waals surface area contributed by atoms with Crippen LogP contribution in [0.4, 0.5) is 5.82 Å². The van der Waals surface area contributed by atoms with Crippen LogP contribution in [0.25, 0.3) is 0 Å². The van der Waals surface area contributed by atoms with E-state index in [2.05, 4.69) is 15.3 Å². The predicted octanol–water partition coefficient (Wildman–Crippen LogP) is 1.25. The minimum atomic E-state index is 0.650. The van der Waals surface area contributed by atoms with E-state index in [1.165, 1.54) is 0 Å². The van der Waals surface area contributed by atoms with Crippen LogP contribution >= 0.6 is 0 Å². The van der Waals surface area contributed by atoms with E-state index >= 15 is 0 Å². The highest BCUT2D eigenvalue weighted by atomic mass is 16.5. The molecule has 1 heterocycles. The summed E-state index contributed by atoms with van der Waals surface area (Å²) in [5, 5.41) is 3.22. The lowest BCUT2D eigenvalue weighted by atomic mass is 10.4. The maximum Gasteiger partial charge on any atom is 0.147 e. The van der Waals surface area contributed by atoms with Crippen LogP contribution in [0, 0.1) is 6.92 Å². The largest absolute Gasteiger partial charge is 0.382 e. The Morgan fingerprint density at radius 2 is 2.00 bits per heavy atom. The average Bonchev–Trinajstić information content (AvgIpc) is 2.30. The smallest absolute Gasteiger partial charge is 0.147 e. The highest BCUT2D eigenvalue weighted by Crippen LogP contribution is 2.05. The predicted molar refractivity (Wildman–Crippen MR) is 62.6 cm³/mol. The molecule has 16 heavy (non-hydrogen) atoms. The minimum Gasteiger partial charge on any atom is -0.382 e. The molecule has 0 aliphatic rings. The van der Waals surface area contributed by atoms with Gasteiger partial charge in [-0.05, 0) is 13.3 Å². The van der Waals surface area contributed by atoms with E-state index in [1.54, 1.807) is 19.5 Å². The van der Waals surface area contributed by atoms with Crippen molar-refractivity contribution in [2.75, 3.05) is 38.8 Å². The molecule has 0 saturated heterocycles. The van der Waals surface area contributed by atoms with Gasteiger partial charge in [-0.15, -0.1) is 0 Å². The van der Waals surface area contributed by atoms with Crippen LogP contribution in [-0.2, 0) is 9.47 Å². The number of rotatable bonds is 8. The normalized spacial score (nSPS) is 10.4. The Bertz CT molecular complexity index is 294. The van der Waals surface area contributed by atoms with E-state index in [4.69, 9.17) is 9.47 Å². The van der Waals surface area contributed by atoms with Gasteiger partial charge in [-0.3, -0.25) is 4.98 Å². The molecule has 1 aromatic rings. The maximum atomic E-state index is 5.34. The molecule has 90 valence electrons. The Balaban J connectivity index is 2.05. The van der Waals surface area contributed by atoms with Gasteiger partial charge in [0.25, 0.3) is 0 Å². The zero-order chi connectivity index (χ0) is 11.6. The molecule has 0 aromatic carbocycles. The third-order valence-corrected chi connectivity index (χ3v) is 2.07. The third-order valence-electron chi connectivity index (χ3n) is 2.07. The van der Waals surface area contributed by atoms with Gasteiger partial charge in [-0.25, -0.2) is 4.98 Å². The second kappa shape index (κ2) is 8.01. The molecule has 0 saturated carbocycles. The van der Waals surface area contributed by atoms with Crippen LogP contribution in [-0.4, -0.2) is 43.4 Å². The number of aryl methyl sites for hydroxylation is 1. The first-order valence-corrected chi connectivity index (χ1v) is 5.42. The standard InChI is InChI=1S/C11H19N3O2/c1-10-11(14-6-5-12-10)13-4-3-7-16-9-8-15-2/h5-6H,3-4,7-9H2,1-2H3,(H,13,14). The molecule has 0 atom stereocenters. The minimum absolute atomic E-state index is 0.650. The molecule has 1 N–H and O–H groups in total. The van der Waals surface area contributed by atoms with Gasteiger partial charge >= 0.3 is 0 Å². The van der Waals surface area contributed by atoms with Gasteiger partial charge in [0.2, 0.25) is 0 Å². The quantitative estimate of drug-likeness (QED) is 0.675. The number of nitrogens with one attached hydrogen (secondary N) is 1. The summed E-state index contributed by atoms with van der Waals surface area (Å²) in [5.41, 5.74) is 0.919. The molecule has 0 spiro atoms. The van der Waals surface area contributed by atoms with Gasteiger partial charge in [0, 0.05) is 32.7 Å². The summed E-state index contributed by atoms with van der Waals surface area (Å²) in [6.07, 6.45) is 4.32. The number of anilines is 1. The zero-order valence-electron chi connectivity index (χ0n) is 9.90. The second-order valence-corrected chi connectivity index (χ2v) is 3.38. The number of aromatic nitrogens is 2. The van der Waals surface area contributed by atoms with E-state index in [0.29, 0.717) is 13.2 Å². The summed E-state index contributed by atoms with van der Waals surface area (Å²) in [6.45, 7) is 4.81. The molecule has 0 unspecified atom stereocenters. The van der Waals surface area contributed by atoms with Crippen molar-refractivity contribution >= 4 is 5.82 Å². The van der Waals surface area contributed by atoms with Crippen molar-refractivity contribution < 1.29 is 9.47 Å². The van der Waals surface area contributed by atoms with Crippen molar-refractivity contribution in [3.63, 3.8) is 0 Å². The zero-order valence-corrected chi connectivity index (χ0v) is 9.90. The summed E-state index contributed by atoms with van der Waals surface area (Å²) >= 11 is 0. The highest BCUT2D eigenvalue weighted by molar-refractivity contribution is 5.37. The van der Waals surface area contributed by atoms with Crippen LogP contribution in [0.1, 0.15) is 12.1 Å². The molecule has 1 aromatic heterocycles. The Kier molecular flexibility index (Phi) is 6.44. The Morgan fingerprint density at radius 3 is 2.75 bits per heavy atom. The third kappa shape index (κ3) is 5.04. The fourth-order valence-electron chi connectivity index (χ4n) is 1.21. The van der Waals surface area contributed by atoms with Gasteiger partial charge in [0.05, 0.1) is 18.9 Å². The summed E-state index contributed by atoms with van der Waals surface area (Å²) in [5.74, 6) is 0.847. The molecule has 5 heteroatoms. The van der Waals surface area contributed by atoms with E-state index in [9.17, 15) is 0 Å². The number of hydrogen-bond acceptors (Lipinski definition) is 5. The average molecular weight is 225 g/mol. The van der Waals surface area contributed by atoms with Crippen LogP contribution in [0.15, 0.2) is 12.4 Å². The lowest BCUT2D eigenvalue weighted by molar-refractivity contribution is 0.0705. The van der Waals surface area contributed by atoms with Crippen molar-refractivity contribution in [3.05, 3.63) is 18.1 Å². The maximum absolute atomic E-state index is 5.34. The Hall–Kier alpha value is -1.20. The molecular formula is C11H19N3O2. The topological polar surface area (TPSA) is 56.3 Å². The van der Waals surface area contributed by atoms with Gasteiger partial charge in [-0.2, -0.15) is 0 Å². The molecule has 0 fully saturated rings. The first-order valence-electron chi connectivity index (χ1n) is 5.42. The fraction of sp³-hybridized carbons (Fsp3) is 0.636. The number of methoxy groups -OCH3 is 1. The lowest BCUT2D eigenvalue weighted by Gasteiger charge is -2.07. The number of hydrogen-bond donors (Lipinski definition) is 1. The van der Waals surface area contributed by atoms with Crippen molar-refractivity contribution in [2.45, 2.75) is 13.3 Å². The van der Waals surface area contributed by atoms with E-state index in [-0.39, 0.29) is 0 Å². The van der Waals surface area contributed by atoms with Gasteiger partial charge in [0.15, 0.2) is 0 Å². The summed E-state index contributed by atoms with van der Waals surface area (Å²) in [7, 11) is 1.67. The lowest BCUT2D eigenvalue weighted by Crippen LogP contribution is -2.10. The summed E-state index contributed by atoms with van der Waals surface area (Å²) in [4.78, 5) is 8.34. The van der Waals surface area contributed by atoms with Crippen LogP contribution in [0.3, 0.4) is 0 Å². The van der Waals surface area contributed by atoms with Crippen molar-refractivity contribution in [1.29, 1.82) is 0 Å². The van der Waals surface area contributed by atoms with Crippen LogP contribution < -0.4 is 5.32 Å². The summed E-state index contributed by atoms with van der Waals surface area (Å²) in [6, 6.07) is 0. The molecule has 5 nitrogen and oxygen atoms in total. The molecular weight excluding hydrogens is 206 g/mol. The van der Waals surface area contributed by atoms with Crippen LogP contribution in [0.2, 0.25) is 0 Å². The van der Waals surface area contributed by atoms with E-state index < -0.39 is 0 Å². The molecule has 0 radical (unpaired) electrons. The van der Waals surface area contributed by atoms with Gasteiger partial charge in [-0.1, -0.05) is 0 Å². The van der Waals surface area contributed by atoms with Gasteiger partial charge < -0.3 is 14.8 Å². The van der Waals surface area contributed by atoms with E-state index in [0.717, 1.165) is 31.1 Å². The Morgan fingerprint density at radius 1 is 1.19 bits per heavy atom. The van der Waals surface area contributed by atoms with E-state index in [1.807, 2.05) is 6.92 Å². The van der Waals surface area contributed by atoms with Crippen molar-refractivity contribution in [3.8, 4) is 0 Å². The molecule has 1 rings (SSSR count). The monoisotopic (exact) mass is 225 g/mol. The van der Waals surface area contributed by atoms with Crippen molar-refractivity contribution in [2.24, 2.45) is 0 Å².